The van der Waals surface area contributed by atoms with E-state index in [1.807, 2.05) is 13.1 Å². The summed E-state index contributed by atoms with van der Waals surface area (Å²) in [6.07, 6.45) is 4.77. The van der Waals surface area contributed by atoms with Gasteiger partial charge in [-0.2, -0.15) is 4.98 Å². The SMILES string of the molecule is CCCNc1ncc(C)c(NCC(CC)CCO)n1. The molecule has 0 bridgehead atoms. The number of aromatic nitrogens is 2. The largest absolute Gasteiger partial charge is 0.396 e. The van der Waals surface area contributed by atoms with Gasteiger partial charge in [-0.1, -0.05) is 20.3 Å². The third kappa shape index (κ3) is 5.42. The van der Waals surface area contributed by atoms with E-state index in [9.17, 15) is 0 Å². The van der Waals surface area contributed by atoms with Gasteiger partial charge in [0.1, 0.15) is 5.82 Å². The molecule has 0 saturated carbocycles. The van der Waals surface area contributed by atoms with Gasteiger partial charge in [-0.3, -0.25) is 0 Å². The van der Waals surface area contributed by atoms with E-state index >= 15 is 0 Å². The maximum Gasteiger partial charge on any atom is 0.224 e. The molecule has 0 spiro atoms. The molecule has 1 rings (SSSR count). The molecule has 3 N–H and O–H groups in total. The molecule has 5 nitrogen and oxygen atoms in total. The maximum atomic E-state index is 9.00. The monoisotopic (exact) mass is 266 g/mol. The van der Waals surface area contributed by atoms with Gasteiger partial charge in [-0.25, -0.2) is 4.98 Å². The Kier molecular flexibility index (Phi) is 7.18. The lowest BCUT2D eigenvalue weighted by Crippen LogP contribution is -2.17. The Bertz CT molecular complexity index is 370. The fourth-order valence-corrected chi connectivity index (χ4v) is 1.82. The highest BCUT2D eigenvalue weighted by Gasteiger charge is 2.08. The van der Waals surface area contributed by atoms with Crippen LogP contribution in [-0.4, -0.2) is 34.8 Å². The molecule has 1 unspecified atom stereocenters. The zero-order valence-corrected chi connectivity index (χ0v) is 12.2. The van der Waals surface area contributed by atoms with Crippen LogP contribution >= 0.6 is 0 Å². The summed E-state index contributed by atoms with van der Waals surface area (Å²) in [5.41, 5.74) is 1.04. The first-order valence-electron chi connectivity index (χ1n) is 7.13. The number of nitrogens with one attached hydrogen (secondary N) is 2. The van der Waals surface area contributed by atoms with Gasteiger partial charge in [-0.05, 0) is 25.7 Å². The smallest absolute Gasteiger partial charge is 0.224 e. The van der Waals surface area contributed by atoms with Crippen LogP contribution in [0.1, 0.15) is 38.7 Å². The Morgan fingerprint density at radius 2 is 2.11 bits per heavy atom. The summed E-state index contributed by atoms with van der Waals surface area (Å²) >= 11 is 0. The summed E-state index contributed by atoms with van der Waals surface area (Å²) in [5.74, 6) is 2.03. The Morgan fingerprint density at radius 3 is 2.74 bits per heavy atom. The van der Waals surface area contributed by atoms with Crippen LogP contribution in [0.2, 0.25) is 0 Å². The number of hydrogen-bond donors (Lipinski definition) is 3. The van der Waals surface area contributed by atoms with E-state index in [-0.39, 0.29) is 6.61 Å². The molecule has 0 aliphatic carbocycles. The second-order valence-electron chi connectivity index (χ2n) is 4.82. The minimum atomic E-state index is 0.242. The predicted octanol–water partition coefficient (Wildman–Crippen LogP) is 2.43. The van der Waals surface area contributed by atoms with E-state index in [4.69, 9.17) is 5.11 Å². The first-order valence-corrected chi connectivity index (χ1v) is 7.13. The Balaban J connectivity index is 2.60. The molecule has 1 aromatic rings. The topological polar surface area (TPSA) is 70.1 Å². The van der Waals surface area contributed by atoms with E-state index in [2.05, 4.69) is 34.4 Å². The molecule has 1 heterocycles. The van der Waals surface area contributed by atoms with Crippen molar-refractivity contribution in [2.45, 2.75) is 40.0 Å². The van der Waals surface area contributed by atoms with Crippen LogP contribution in [0.25, 0.3) is 0 Å². The number of nitrogens with zero attached hydrogens (tertiary/aromatic N) is 2. The Labute approximate surface area is 115 Å². The van der Waals surface area contributed by atoms with Crippen LogP contribution in [-0.2, 0) is 0 Å². The molecular formula is C14H26N4O. The average molecular weight is 266 g/mol. The molecule has 0 saturated heterocycles. The third-order valence-electron chi connectivity index (χ3n) is 3.18. The summed E-state index contributed by atoms with van der Waals surface area (Å²) in [7, 11) is 0. The molecule has 0 aromatic carbocycles. The summed E-state index contributed by atoms with van der Waals surface area (Å²) < 4.78 is 0. The van der Waals surface area contributed by atoms with Gasteiger partial charge in [0, 0.05) is 31.5 Å². The summed E-state index contributed by atoms with van der Waals surface area (Å²) in [6.45, 7) is 8.21. The van der Waals surface area contributed by atoms with Crippen molar-refractivity contribution in [1.82, 2.24) is 9.97 Å². The number of aliphatic hydroxyl groups is 1. The predicted molar refractivity (Wildman–Crippen MR) is 79.5 cm³/mol. The van der Waals surface area contributed by atoms with Gasteiger partial charge < -0.3 is 15.7 Å². The summed E-state index contributed by atoms with van der Waals surface area (Å²) in [6, 6.07) is 0. The summed E-state index contributed by atoms with van der Waals surface area (Å²) in [5, 5.41) is 15.5. The highest BCUT2D eigenvalue weighted by atomic mass is 16.3. The van der Waals surface area contributed by atoms with Crippen molar-refractivity contribution >= 4 is 11.8 Å². The van der Waals surface area contributed by atoms with E-state index in [1.54, 1.807) is 0 Å². The molecule has 0 radical (unpaired) electrons. The Hall–Kier alpha value is -1.36. The first kappa shape index (κ1) is 15.7. The molecule has 1 atom stereocenters. The number of anilines is 2. The van der Waals surface area contributed by atoms with E-state index < -0.39 is 0 Å². The zero-order valence-electron chi connectivity index (χ0n) is 12.2. The molecule has 5 heteroatoms. The van der Waals surface area contributed by atoms with Crippen molar-refractivity contribution in [2.75, 3.05) is 30.3 Å². The lowest BCUT2D eigenvalue weighted by Gasteiger charge is -2.16. The maximum absolute atomic E-state index is 9.00. The molecule has 19 heavy (non-hydrogen) atoms. The van der Waals surface area contributed by atoms with Gasteiger partial charge in [0.15, 0.2) is 0 Å². The van der Waals surface area contributed by atoms with Gasteiger partial charge in [-0.15, -0.1) is 0 Å². The first-order chi connectivity index (χ1) is 9.21. The molecule has 0 aliphatic heterocycles. The normalized spacial score (nSPS) is 12.2. The Morgan fingerprint density at radius 1 is 1.32 bits per heavy atom. The van der Waals surface area contributed by atoms with Crippen molar-refractivity contribution in [3.8, 4) is 0 Å². The van der Waals surface area contributed by atoms with Gasteiger partial charge in [0.05, 0.1) is 0 Å². The summed E-state index contributed by atoms with van der Waals surface area (Å²) in [4.78, 5) is 8.74. The second-order valence-corrected chi connectivity index (χ2v) is 4.82. The van der Waals surface area contributed by atoms with Crippen LogP contribution in [0.15, 0.2) is 6.20 Å². The van der Waals surface area contributed by atoms with Crippen molar-refractivity contribution in [1.29, 1.82) is 0 Å². The van der Waals surface area contributed by atoms with Crippen LogP contribution in [0.3, 0.4) is 0 Å². The minimum Gasteiger partial charge on any atom is -0.396 e. The van der Waals surface area contributed by atoms with Gasteiger partial charge in [0.25, 0.3) is 0 Å². The zero-order chi connectivity index (χ0) is 14.1. The molecular weight excluding hydrogens is 240 g/mol. The van der Waals surface area contributed by atoms with E-state index in [1.165, 1.54) is 0 Å². The number of rotatable bonds is 9. The highest BCUT2D eigenvalue weighted by molar-refractivity contribution is 5.46. The van der Waals surface area contributed by atoms with Crippen molar-refractivity contribution in [3.63, 3.8) is 0 Å². The number of aryl methyl sites for hydroxylation is 1. The van der Waals surface area contributed by atoms with Gasteiger partial charge in [0.2, 0.25) is 5.95 Å². The van der Waals surface area contributed by atoms with Crippen molar-refractivity contribution in [3.05, 3.63) is 11.8 Å². The van der Waals surface area contributed by atoms with Crippen LogP contribution in [0, 0.1) is 12.8 Å². The number of hydrogen-bond acceptors (Lipinski definition) is 5. The second kappa shape index (κ2) is 8.69. The van der Waals surface area contributed by atoms with Crippen LogP contribution in [0.4, 0.5) is 11.8 Å². The van der Waals surface area contributed by atoms with Crippen molar-refractivity contribution in [2.24, 2.45) is 5.92 Å². The molecule has 108 valence electrons. The molecule has 0 aliphatic rings. The molecule has 0 amide bonds. The molecule has 1 aromatic heterocycles. The average Bonchev–Trinajstić information content (AvgIpc) is 2.43. The quantitative estimate of drug-likeness (QED) is 0.640. The van der Waals surface area contributed by atoms with E-state index in [0.717, 1.165) is 43.7 Å². The lowest BCUT2D eigenvalue weighted by molar-refractivity contribution is 0.258. The number of aliphatic hydroxyl groups excluding tert-OH is 1. The fourth-order valence-electron chi connectivity index (χ4n) is 1.82. The van der Waals surface area contributed by atoms with E-state index in [0.29, 0.717) is 11.9 Å². The standard InChI is InChI=1S/C14H26N4O/c1-4-7-15-14-17-9-11(3)13(18-14)16-10-12(5-2)6-8-19/h9,12,19H,4-8,10H2,1-3H3,(H2,15,16,17,18). The highest BCUT2D eigenvalue weighted by Crippen LogP contribution is 2.15. The third-order valence-corrected chi connectivity index (χ3v) is 3.18. The van der Waals surface area contributed by atoms with Gasteiger partial charge >= 0.3 is 0 Å². The fraction of sp³-hybridized carbons (Fsp3) is 0.714. The van der Waals surface area contributed by atoms with Crippen LogP contribution < -0.4 is 10.6 Å². The van der Waals surface area contributed by atoms with Crippen LogP contribution in [0.5, 0.6) is 0 Å². The lowest BCUT2D eigenvalue weighted by atomic mass is 10.0. The van der Waals surface area contributed by atoms with Crippen molar-refractivity contribution < 1.29 is 5.11 Å². The minimum absolute atomic E-state index is 0.242. The molecule has 0 fully saturated rings.